The van der Waals surface area contributed by atoms with Gasteiger partial charge in [0.1, 0.15) is 0 Å². The second-order valence-electron chi connectivity index (χ2n) is 8.70. The smallest absolute Gasteiger partial charge is 0.256 e. The lowest BCUT2D eigenvalue weighted by molar-refractivity contribution is 0.347. The minimum Gasteiger partial charge on any atom is -0.504 e. The number of aromatic hydroxyl groups is 1. The van der Waals surface area contributed by atoms with Gasteiger partial charge in [-0.3, -0.25) is 0 Å². The molecule has 0 fully saturated rings. The van der Waals surface area contributed by atoms with E-state index in [9.17, 15) is 13.5 Å². The normalized spacial score (nSPS) is 13.3. The number of nitrogens with zero attached hydrogens (tertiary/aromatic N) is 3. The average Bonchev–Trinajstić information content (AvgIpc) is 3.32. The van der Waals surface area contributed by atoms with E-state index in [1.54, 1.807) is 20.8 Å². The summed E-state index contributed by atoms with van der Waals surface area (Å²) >= 11 is 2.08. The Balaban J connectivity index is 1.94. The highest BCUT2D eigenvalue weighted by molar-refractivity contribution is 7.91. The molecule has 2 aromatic heterocycles. The number of hydrogen-bond donors (Lipinski definition) is 3. The molecule has 0 bridgehead atoms. The molecule has 8 nitrogen and oxygen atoms in total. The Morgan fingerprint density at radius 1 is 1.09 bits per heavy atom. The quantitative estimate of drug-likeness (QED) is 0.345. The van der Waals surface area contributed by atoms with Gasteiger partial charge in [0, 0.05) is 18.0 Å². The lowest BCUT2D eigenvalue weighted by Gasteiger charge is -2.32. The minimum atomic E-state index is -3.78. The van der Waals surface area contributed by atoms with Gasteiger partial charge in [0.25, 0.3) is 10.0 Å². The van der Waals surface area contributed by atoms with Gasteiger partial charge in [-0.1, -0.05) is 65.0 Å². The zero-order chi connectivity index (χ0) is 24.4. The number of rotatable bonds is 9. The molecular formula is C22H31N5O3S3. The van der Waals surface area contributed by atoms with Gasteiger partial charge in [0.05, 0.1) is 23.5 Å². The van der Waals surface area contributed by atoms with Crippen LogP contribution in [0.15, 0.2) is 34.5 Å². The fourth-order valence-corrected chi connectivity index (χ4v) is 7.15. The SMILES string of the molecule is CCN(CC)S(=O)(=O)c1sc(C)c(Nc2nsnc2N[C@@H](c2ccccc2)C(C)(C)C)c1O. The molecule has 180 valence electrons. The summed E-state index contributed by atoms with van der Waals surface area (Å²) in [6.07, 6.45) is 0. The number of aryl methyl sites for hydroxylation is 1. The van der Waals surface area contributed by atoms with Crippen LogP contribution in [-0.2, 0) is 10.0 Å². The first-order valence-corrected chi connectivity index (χ1v) is 13.7. The first-order chi connectivity index (χ1) is 15.5. The van der Waals surface area contributed by atoms with Gasteiger partial charge in [0.2, 0.25) is 0 Å². The van der Waals surface area contributed by atoms with Gasteiger partial charge >= 0.3 is 0 Å². The molecule has 3 N–H and O–H groups in total. The van der Waals surface area contributed by atoms with Crippen LogP contribution in [0.5, 0.6) is 5.75 Å². The zero-order valence-electron chi connectivity index (χ0n) is 19.7. The minimum absolute atomic E-state index is 0.0427. The van der Waals surface area contributed by atoms with E-state index >= 15 is 0 Å². The lowest BCUT2D eigenvalue weighted by Crippen LogP contribution is -2.30. The van der Waals surface area contributed by atoms with E-state index in [4.69, 9.17) is 0 Å². The molecule has 11 heteroatoms. The van der Waals surface area contributed by atoms with Crippen molar-refractivity contribution in [3.63, 3.8) is 0 Å². The number of thiophene rings is 1. The molecule has 1 aromatic carbocycles. The highest BCUT2D eigenvalue weighted by Crippen LogP contribution is 2.45. The third kappa shape index (κ3) is 5.32. The van der Waals surface area contributed by atoms with Crippen LogP contribution in [0.3, 0.4) is 0 Å². The Morgan fingerprint density at radius 3 is 2.27 bits per heavy atom. The average molecular weight is 510 g/mol. The van der Waals surface area contributed by atoms with E-state index in [2.05, 4.69) is 52.3 Å². The summed E-state index contributed by atoms with van der Waals surface area (Å²) in [5, 5.41) is 17.4. The topological polar surface area (TPSA) is 107 Å². The molecule has 0 spiro atoms. The van der Waals surface area contributed by atoms with Crippen LogP contribution in [0.25, 0.3) is 0 Å². The van der Waals surface area contributed by atoms with E-state index in [1.165, 1.54) is 4.31 Å². The molecule has 0 saturated heterocycles. The number of aromatic nitrogens is 2. The molecule has 0 saturated carbocycles. The molecule has 0 unspecified atom stereocenters. The van der Waals surface area contributed by atoms with Gasteiger partial charge in [-0.15, -0.1) is 11.3 Å². The van der Waals surface area contributed by atoms with Crippen molar-refractivity contribution in [2.75, 3.05) is 23.7 Å². The summed E-state index contributed by atoms with van der Waals surface area (Å²) in [4.78, 5) is 0.646. The maximum Gasteiger partial charge on any atom is 0.256 e. The molecule has 0 amide bonds. The predicted molar refractivity (Wildman–Crippen MR) is 136 cm³/mol. The predicted octanol–water partition coefficient (Wildman–Crippen LogP) is 5.59. The Morgan fingerprint density at radius 2 is 1.70 bits per heavy atom. The molecule has 3 aromatic rings. The number of anilines is 3. The maximum absolute atomic E-state index is 13.0. The highest BCUT2D eigenvalue weighted by Gasteiger charge is 2.32. The molecule has 0 aliphatic heterocycles. The second kappa shape index (κ2) is 9.96. The van der Waals surface area contributed by atoms with Gasteiger partial charge in [-0.25, -0.2) is 8.42 Å². The molecular weight excluding hydrogens is 478 g/mol. The van der Waals surface area contributed by atoms with Crippen molar-refractivity contribution in [1.82, 2.24) is 13.1 Å². The fraction of sp³-hybridized carbons (Fsp3) is 0.455. The largest absolute Gasteiger partial charge is 0.504 e. The first kappa shape index (κ1) is 25.4. The van der Waals surface area contributed by atoms with Crippen LogP contribution in [0.1, 0.15) is 51.1 Å². The van der Waals surface area contributed by atoms with Crippen molar-refractivity contribution in [3.05, 3.63) is 40.8 Å². The fourth-order valence-electron chi connectivity index (χ4n) is 3.58. The molecule has 3 rings (SSSR count). The summed E-state index contributed by atoms with van der Waals surface area (Å²) in [5.74, 6) is 0.689. The van der Waals surface area contributed by atoms with Crippen LogP contribution < -0.4 is 10.6 Å². The summed E-state index contributed by atoms with van der Waals surface area (Å²) in [6.45, 7) is 12.4. The Labute approximate surface area is 204 Å². The summed E-state index contributed by atoms with van der Waals surface area (Å²) in [7, 11) is -3.78. The summed E-state index contributed by atoms with van der Waals surface area (Å²) in [6, 6.07) is 10.1. The maximum atomic E-state index is 13.0. The molecule has 0 aliphatic rings. The van der Waals surface area contributed by atoms with Crippen molar-refractivity contribution in [1.29, 1.82) is 0 Å². The lowest BCUT2D eigenvalue weighted by atomic mass is 9.82. The van der Waals surface area contributed by atoms with Crippen LogP contribution in [0.4, 0.5) is 17.3 Å². The summed E-state index contributed by atoms with van der Waals surface area (Å²) < 4.78 is 36.0. The van der Waals surface area contributed by atoms with Crippen molar-refractivity contribution in [2.45, 2.75) is 51.8 Å². The zero-order valence-corrected chi connectivity index (χ0v) is 22.2. The van der Waals surface area contributed by atoms with Crippen molar-refractivity contribution < 1.29 is 13.5 Å². The number of nitrogens with one attached hydrogen (secondary N) is 2. The van der Waals surface area contributed by atoms with Crippen molar-refractivity contribution >= 4 is 50.4 Å². The van der Waals surface area contributed by atoms with E-state index in [0.29, 0.717) is 35.3 Å². The first-order valence-electron chi connectivity index (χ1n) is 10.7. The van der Waals surface area contributed by atoms with Crippen molar-refractivity contribution in [2.24, 2.45) is 5.41 Å². The van der Waals surface area contributed by atoms with Gasteiger partial charge in [-0.2, -0.15) is 13.1 Å². The monoisotopic (exact) mass is 509 g/mol. The van der Waals surface area contributed by atoms with Crippen LogP contribution in [-0.4, -0.2) is 39.7 Å². The standard InChI is InChI=1S/C22H31N5O3S3/c1-7-27(8-2)33(29,30)21-17(28)16(14(3)31-21)23-19-20(26-32-25-19)24-18(22(4,5)6)15-12-10-9-11-13-15/h9-13,18,28H,7-8H2,1-6H3,(H,23,25)(H,24,26)/t18-/m0/s1. The number of sulfonamides is 1. The molecule has 0 aliphatic carbocycles. The molecule has 33 heavy (non-hydrogen) atoms. The highest BCUT2D eigenvalue weighted by atomic mass is 32.2. The van der Waals surface area contributed by atoms with E-state index < -0.39 is 10.0 Å². The van der Waals surface area contributed by atoms with Crippen LogP contribution >= 0.6 is 23.1 Å². The number of benzene rings is 1. The third-order valence-electron chi connectivity index (χ3n) is 5.32. The van der Waals surface area contributed by atoms with Gasteiger partial charge in [-0.05, 0) is 17.9 Å². The molecule has 0 radical (unpaired) electrons. The van der Waals surface area contributed by atoms with E-state index in [0.717, 1.165) is 28.6 Å². The van der Waals surface area contributed by atoms with E-state index in [-0.39, 0.29) is 21.4 Å². The van der Waals surface area contributed by atoms with E-state index in [1.807, 2.05) is 18.2 Å². The van der Waals surface area contributed by atoms with Gasteiger partial charge < -0.3 is 15.7 Å². The van der Waals surface area contributed by atoms with Crippen molar-refractivity contribution in [3.8, 4) is 5.75 Å². The molecule has 2 heterocycles. The Kier molecular flexibility index (Phi) is 7.67. The second-order valence-corrected chi connectivity index (χ2v) is 12.6. The summed E-state index contributed by atoms with van der Waals surface area (Å²) in [5.41, 5.74) is 1.33. The molecule has 1 atom stereocenters. The third-order valence-corrected chi connectivity index (χ3v) is 9.48. The van der Waals surface area contributed by atoms with Crippen LogP contribution in [0.2, 0.25) is 0 Å². The number of hydrogen-bond acceptors (Lipinski definition) is 9. The van der Waals surface area contributed by atoms with Crippen LogP contribution in [0, 0.1) is 12.3 Å². The Bertz CT molecular complexity index is 1180. The Hall–Kier alpha value is -2.21. The van der Waals surface area contributed by atoms with Gasteiger partial charge in [0.15, 0.2) is 21.6 Å².